The van der Waals surface area contributed by atoms with Gasteiger partial charge in [-0.15, -0.1) is 0 Å². The van der Waals surface area contributed by atoms with Crippen LogP contribution in [-0.2, 0) is 4.89 Å². The molecule has 0 amide bonds. The Kier molecular flexibility index (Phi) is 2.45. The van der Waals surface area contributed by atoms with Gasteiger partial charge in [0.2, 0.25) is 0 Å². The third kappa shape index (κ3) is 1.51. The maximum Gasteiger partial charge on any atom is 0.109 e. The van der Waals surface area contributed by atoms with Crippen molar-refractivity contribution in [2.45, 2.75) is 30.9 Å². The molecule has 4 heteroatoms. The third-order valence-electron chi connectivity index (χ3n) is 2.31. The first-order chi connectivity index (χ1) is 5.26. The van der Waals surface area contributed by atoms with Crippen LogP contribution in [0.4, 0.5) is 0 Å². The molecule has 0 bridgehead atoms. The zero-order valence-corrected chi connectivity index (χ0v) is 6.50. The van der Waals surface area contributed by atoms with Crippen LogP contribution < -0.4 is 5.32 Å². The highest BCUT2D eigenvalue weighted by molar-refractivity contribution is 5.11. The van der Waals surface area contributed by atoms with Crippen molar-refractivity contribution in [3.8, 4) is 6.07 Å². The van der Waals surface area contributed by atoms with Gasteiger partial charge in [0.15, 0.2) is 0 Å². The Morgan fingerprint density at radius 2 is 2.55 bits per heavy atom. The first-order valence-corrected chi connectivity index (χ1v) is 3.67. The van der Waals surface area contributed by atoms with Crippen LogP contribution in [0.3, 0.4) is 0 Å². The van der Waals surface area contributed by atoms with Gasteiger partial charge in [0.25, 0.3) is 0 Å². The topological polar surface area (TPSA) is 65.3 Å². The van der Waals surface area contributed by atoms with Crippen molar-refractivity contribution in [1.29, 1.82) is 5.26 Å². The van der Waals surface area contributed by atoms with Gasteiger partial charge in [-0.25, -0.2) is 4.89 Å². The Balaban J connectivity index is 2.57. The largest absolute Gasteiger partial charge is 0.302 e. The van der Waals surface area contributed by atoms with Crippen LogP contribution in [0, 0.1) is 11.3 Å². The Bertz CT molecular complexity index is 178. The summed E-state index contributed by atoms with van der Waals surface area (Å²) in [4.78, 5) is 4.18. The van der Waals surface area contributed by atoms with Crippen LogP contribution in [0.25, 0.3) is 0 Å². The van der Waals surface area contributed by atoms with Crippen LogP contribution in [0.2, 0.25) is 0 Å². The number of nitriles is 1. The normalized spacial score (nSPS) is 37.0. The lowest BCUT2D eigenvalue weighted by atomic mass is 10.0. The second-order valence-electron chi connectivity index (χ2n) is 2.91. The lowest BCUT2D eigenvalue weighted by Gasteiger charge is -2.18. The van der Waals surface area contributed by atoms with E-state index in [1.165, 1.54) is 0 Å². The average Bonchev–Trinajstić information content (AvgIpc) is 2.49. The fourth-order valence-electron chi connectivity index (χ4n) is 1.47. The van der Waals surface area contributed by atoms with E-state index < -0.39 is 5.54 Å². The molecule has 0 heterocycles. The molecule has 4 nitrogen and oxygen atoms in total. The molecular formula is C7H12N2O2. The van der Waals surface area contributed by atoms with E-state index >= 15 is 0 Å². The molecule has 62 valence electrons. The zero-order valence-electron chi connectivity index (χ0n) is 6.50. The fourth-order valence-corrected chi connectivity index (χ4v) is 1.47. The van der Waals surface area contributed by atoms with Crippen LogP contribution in [0.15, 0.2) is 0 Å². The summed E-state index contributed by atoms with van der Waals surface area (Å²) in [5, 5.41) is 20.1. The van der Waals surface area contributed by atoms with Crippen molar-refractivity contribution in [3.05, 3.63) is 0 Å². The average molecular weight is 156 g/mol. The van der Waals surface area contributed by atoms with Crippen molar-refractivity contribution in [1.82, 2.24) is 5.32 Å². The maximum atomic E-state index is 8.78. The fraction of sp³-hybridized carbons (Fsp3) is 0.857. The second kappa shape index (κ2) is 3.18. The number of nitrogens with zero attached hydrogens (tertiary/aromatic N) is 1. The minimum Gasteiger partial charge on any atom is -0.302 e. The minimum absolute atomic E-state index is 0.179. The monoisotopic (exact) mass is 156 g/mol. The van der Waals surface area contributed by atoms with Crippen molar-refractivity contribution in [3.63, 3.8) is 0 Å². The minimum atomic E-state index is -0.479. The molecule has 1 saturated carbocycles. The summed E-state index contributed by atoms with van der Waals surface area (Å²) >= 11 is 0. The van der Waals surface area contributed by atoms with E-state index in [0.717, 1.165) is 12.8 Å². The van der Waals surface area contributed by atoms with Gasteiger partial charge in [-0.05, 0) is 19.9 Å². The summed E-state index contributed by atoms with van der Waals surface area (Å²) in [6.07, 6.45) is 1.87. The Morgan fingerprint density at radius 1 is 1.82 bits per heavy atom. The summed E-state index contributed by atoms with van der Waals surface area (Å²) in [6.45, 7) is 0. The number of rotatable bonds is 2. The van der Waals surface area contributed by atoms with Crippen LogP contribution in [0.5, 0.6) is 0 Å². The van der Waals surface area contributed by atoms with Gasteiger partial charge in [-0.3, -0.25) is 5.26 Å². The van der Waals surface area contributed by atoms with Crippen molar-refractivity contribution >= 4 is 0 Å². The first kappa shape index (κ1) is 8.47. The molecule has 1 fully saturated rings. The lowest BCUT2D eigenvalue weighted by Crippen LogP contribution is -2.39. The molecule has 1 aliphatic carbocycles. The van der Waals surface area contributed by atoms with Crippen molar-refractivity contribution in [2.24, 2.45) is 0 Å². The van der Waals surface area contributed by atoms with Crippen LogP contribution in [0.1, 0.15) is 19.3 Å². The molecule has 11 heavy (non-hydrogen) atoms. The molecule has 1 aliphatic rings. The van der Waals surface area contributed by atoms with E-state index in [1.807, 2.05) is 0 Å². The quantitative estimate of drug-likeness (QED) is 0.451. The molecular weight excluding hydrogens is 144 g/mol. The molecule has 0 spiro atoms. The van der Waals surface area contributed by atoms with E-state index in [0.29, 0.717) is 6.42 Å². The molecule has 2 N–H and O–H groups in total. The molecule has 2 atom stereocenters. The van der Waals surface area contributed by atoms with Gasteiger partial charge >= 0.3 is 0 Å². The highest BCUT2D eigenvalue weighted by Crippen LogP contribution is 2.30. The van der Waals surface area contributed by atoms with Gasteiger partial charge in [0.1, 0.15) is 5.54 Å². The smallest absolute Gasteiger partial charge is 0.109 e. The standard InChI is InChI=1S/C7H12N2O2/c1-9-7(5-8)3-2-6(4-7)11-10/h6,9-10H,2-4H2,1H3. The summed E-state index contributed by atoms with van der Waals surface area (Å²) in [5.41, 5.74) is -0.479. The molecule has 0 aromatic carbocycles. The summed E-state index contributed by atoms with van der Waals surface area (Å²) < 4.78 is 0. The van der Waals surface area contributed by atoms with Crippen molar-refractivity contribution < 1.29 is 10.1 Å². The Morgan fingerprint density at radius 3 is 2.82 bits per heavy atom. The molecule has 2 unspecified atom stereocenters. The van der Waals surface area contributed by atoms with Gasteiger partial charge in [0.05, 0.1) is 12.2 Å². The third-order valence-corrected chi connectivity index (χ3v) is 2.31. The number of hydrogen-bond acceptors (Lipinski definition) is 4. The number of nitrogens with one attached hydrogen (secondary N) is 1. The second-order valence-corrected chi connectivity index (χ2v) is 2.91. The molecule has 0 radical (unpaired) electrons. The summed E-state index contributed by atoms with van der Waals surface area (Å²) in [6, 6.07) is 2.19. The summed E-state index contributed by atoms with van der Waals surface area (Å²) in [7, 11) is 1.75. The highest BCUT2D eigenvalue weighted by atomic mass is 17.1. The van der Waals surface area contributed by atoms with Crippen LogP contribution >= 0.6 is 0 Å². The van der Waals surface area contributed by atoms with E-state index in [-0.39, 0.29) is 6.10 Å². The predicted molar refractivity (Wildman–Crippen MR) is 38.8 cm³/mol. The van der Waals surface area contributed by atoms with E-state index in [1.54, 1.807) is 7.05 Å². The molecule has 0 aromatic rings. The molecule has 0 aromatic heterocycles. The van der Waals surface area contributed by atoms with Crippen molar-refractivity contribution in [2.75, 3.05) is 7.05 Å². The van der Waals surface area contributed by atoms with Gasteiger partial charge in [-0.1, -0.05) is 0 Å². The first-order valence-electron chi connectivity index (χ1n) is 3.67. The van der Waals surface area contributed by atoms with Gasteiger partial charge in [0, 0.05) is 6.42 Å². The van der Waals surface area contributed by atoms with Gasteiger partial charge < -0.3 is 5.32 Å². The zero-order chi connectivity index (χ0) is 8.32. The SMILES string of the molecule is CNC1(C#N)CCC(OO)C1. The Hall–Kier alpha value is -0.630. The van der Waals surface area contributed by atoms with E-state index in [9.17, 15) is 0 Å². The number of hydrogen-bond donors (Lipinski definition) is 2. The molecule has 1 rings (SSSR count). The maximum absolute atomic E-state index is 8.78. The highest BCUT2D eigenvalue weighted by Gasteiger charge is 2.38. The van der Waals surface area contributed by atoms with Crippen LogP contribution in [-0.4, -0.2) is 23.9 Å². The molecule has 0 saturated heterocycles. The van der Waals surface area contributed by atoms with E-state index in [4.69, 9.17) is 10.5 Å². The van der Waals surface area contributed by atoms with Gasteiger partial charge in [-0.2, -0.15) is 5.26 Å². The molecule has 0 aliphatic heterocycles. The Labute approximate surface area is 65.7 Å². The van der Waals surface area contributed by atoms with E-state index in [2.05, 4.69) is 16.3 Å². The lowest BCUT2D eigenvalue weighted by molar-refractivity contribution is -0.276. The predicted octanol–water partition coefficient (Wildman–Crippen LogP) is 0.510. The summed E-state index contributed by atoms with van der Waals surface area (Å²) in [5.74, 6) is 0.